The summed E-state index contributed by atoms with van der Waals surface area (Å²) < 4.78 is 15.4. The van der Waals surface area contributed by atoms with E-state index in [0.717, 1.165) is 11.3 Å². The summed E-state index contributed by atoms with van der Waals surface area (Å²) in [6.07, 6.45) is 2.79. The Morgan fingerprint density at radius 3 is 2.50 bits per heavy atom. The van der Waals surface area contributed by atoms with Gasteiger partial charge in [-0.25, -0.2) is 4.79 Å². The molecule has 2 aromatic carbocycles. The molecule has 1 N–H and O–H groups in total. The van der Waals surface area contributed by atoms with Crippen molar-refractivity contribution in [2.24, 2.45) is 0 Å². The third-order valence-electron chi connectivity index (χ3n) is 4.04. The van der Waals surface area contributed by atoms with Gasteiger partial charge in [-0.3, -0.25) is 4.79 Å². The summed E-state index contributed by atoms with van der Waals surface area (Å²) in [6, 6.07) is 12.8. The quantitative estimate of drug-likeness (QED) is 0.550. The van der Waals surface area contributed by atoms with Crippen LogP contribution in [-0.4, -0.2) is 32.7 Å². The highest BCUT2D eigenvalue weighted by Crippen LogP contribution is 2.25. The third kappa shape index (κ3) is 5.87. The maximum absolute atomic E-state index is 12.1. The Morgan fingerprint density at radius 1 is 1.07 bits per heavy atom. The second-order valence-electron chi connectivity index (χ2n) is 6.34. The summed E-state index contributed by atoms with van der Waals surface area (Å²) in [5.74, 6) is 0.468. The Hall–Kier alpha value is -3.28. The molecule has 1 amide bonds. The van der Waals surface area contributed by atoms with Crippen molar-refractivity contribution in [3.63, 3.8) is 0 Å². The minimum Gasteiger partial charge on any atom is -0.497 e. The van der Waals surface area contributed by atoms with Gasteiger partial charge in [-0.15, -0.1) is 0 Å². The van der Waals surface area contributed by atoms with Crippen molar-refractivity contribution in [3.05, 3.63) is 59.7 Å². The molecule has 6 nitrogen and oxygen atoms in total. The minimum absolute atomic E-state index is 0.264. The van der Waals surface area contributed by atoms with Gasteiger partial charge in [-0.1, -0.05) is 32.0 Å². The lowest BCUT2D eigenvalue weighted by Crippen LogP contribution is -2.21. The molecular weight excluding hydrogens is 358 g/mol. The summed E-state index contributed by atoms with van der Waals surface area (Å²) in [5.41, 5.74) is 2.40. The molecule has 0 bridgehead atoms. The van der Waals surface area contributed by atoms with Crippen LogP contribution < -0.4 is 14.8 Å². The Kier molecular flexibility index (Phi) is 7.63. The minimum atomic E-state index is -0.628. The lowest BCUT2D eigenvalue weighted by molar-refractivity contribution is -0.142. The van der Waals surface area contributed by atoms with E-state index >= 15 is 0 Å². The maximum Gasteiger partial charge on any atom is 0.331 e. The van der Waals surface area contributed by atoms with Crippen LogP contribution >= 0.6 is 0 Å². The first-order chi connectivity index (χ1) is 13.4. The molecular formula is C22H25NO5. The van der Waals surface area contributed by atoms with E-state index < -0.39 is 11.9 Å². The normalized spacial score (nSPS) is 10.8. The van der Waals surface area contributed by atoms with Gasteiger partial charge in [0, 0.05) is 17.3 Å². The van der Waals surface area contributed by atoms with E-state index in [4.69, 9.17) is 14.2 Å². The van der Waals surface area contributed by atoms with E-state index in [1.54, 1.807) is 31.4 Å². The molecule has 0 radical (unpaired) electrons. The van der Waals surface area contributed by atoms with Crippen LogP contribution in [-0.2, 0) is 14.3 Å². The number of ether oxygens (including phenoxy) is 3. The van der Waals surface area contributed by atoms with Crippen molar-refractivity contribution in [1.29, 1.82) is 0 Å². The fraction of sp³-hybridized carbons (Fsp3) is 0.273. The van der Waals surface area contributed by atoms with Crippen molar-refractivity contribution < 1.29 is 23.8 Å². The number of hydrogen-bond acceptors (Lipinski definition) is 5. The molecule has 0 fully saturated rings. The molecule has 0 aliphatic rings. The summed E-state index contributed by atoms with van der Waals surface area (Å²) in [4.78, 5) is 24.0. The van der Waals surface area contributed by atoms with Crippen molar-refractivity contribution in [2.45, 2.75) is 19.8 Å². The molecule has 0 aliphatic carbocycles. The van der Waals surface area contributed by atoms with Gasteiger partial charge in [0.1, 0.15) is 11.5 Å². The number of nitrogens with one attached hydrogen (secondary N) is 1. The highest BCUT2D eigenvalue weighted by molar-refractivity contribution is 5.95. The van der Waals surface area contributed by atoms with E-state index in [-0.39, 0.29) is 12.5 Å². The molecule has 28 heavy (non-hydrogen) atoms. The van der Waals surface area contributed by atoms with Crippen LogP contribution in [0.1, 0.15) is 30.9 Å². The highest BCUT2D eigenvalue weighted by atomic mass is 16.5. The first kappa shape index (κ1) is 21.0. The van der Waals surface area contributed by atoms with Gasteiger partial charge in [0.2, 0.25) is 0 Å². The number of carbonyl (C=O) groups excluding carboxylic acids is 2. The monoisotopic (exact) mass is 383 g/mol. The molecule has 2 aromatic rings. The number of esters is 1. The molecule has 6 heteroatoms. The van der Waals surface area contributed by atoms with Gasteiger partial charge in [0.25, 0.3) is 5.91 Å². The van der Waals surface area contributed by atoms with Crippen LogP contribution in [0.25, 0.3) is 6.08 Å². The molecule has 0 heterocycles. The fourth-order valence-corrected chi connectivity index (χ4v) is 2.61. The van der Waals surface area contributed by atoms with E-state index in [9.17, 15) is 9.59 Å². The predicted octanol–water partition coefficient (Wildman–Crippen LogP) is 4.02. The summed E-state index contributed by atoms with van der Waals surface area (Å²) in [6.45, 7) is 3.72. The lowest BCUT2D eigenvalue weighted by Gasteiger charge is -2.13. The van der Waals surface area contributed by atoms with Gasteiger partial charge in [-0.2, -0.15) is 0 Å². The van der Waals surface area contributed by atoms with Crippen LogP contribution in [0, 0.1) is 0 Å². The highest BCUT2D eigenvalue weighted by Gasteiger charge is 2.11. The van der Waals surface area contributed by atoms with Crippen molar-refractivity contribution in [1.82, 2.24) is 0 Å². The van der Waals surface area contributed by atoms with Gasteiger partial charge >= 0.3 is 5.97 Å². The summed E-state index contributed by atoms with van der Waals surface area (Å²) >= 11 is 0. The first-order valence-electron chi connectivity index (χ1n) is 8.90. The number of rotatable bonds is 8. The number of amides is 1. The Bertz CT molecular complexity index is 858. The second-order valence-corrected chi connectivity index (χ2v) is 6.34. The van der Waals surface area contributed by atoms with Crippen LogP contribution in [0.2, 0.25) is 0 Å². The molecule has 0 saturated heterocycles. The molecule has 2 rings (SSSR count). The Labute approximate surface area is 165 Å². The zero-order valence-corrected chi connectivity index (χ0v) is 16.5. The average Bonchev–Trinajstić information content (AvgIpc) is 2.70. The number of anilines is 1. The Morgan fingerprint density at radius 2 is 1.82 bits per heavy atom. The molecule has 0 unspecified atom stereocenters. The molecule has 0 atom stereocenters. The van der Waals surface area contributed by atoms with E-state index in [2.05, 4.69) is 5.32 Å². The van der Waals surface area contributed by atoms with Crippen LogP contribution in [0.3, 0.4) is 0 Å². The van der Waals surface area contributed by atoms with Crippen molar-refractivity contribution in [2.75, 3.05) is 26.1 Å². The lowest BCUT2D eigenvalue weighted by atomic mass is 10.0. The zero-order valence-electron chi connectivity index (χ0n) is 16.5. The van der Waals surface area contributed by atoms with Gasteiger partial charge in [0.15, 0.2) is 6.61 Å². The molecule has 0 aliphatic heterocycles. The van der Waals surface area contributed by atoms with Gasteiger partial charge in [0.05, 0.1) is 14.2 Å². The largest absolute Gasteiger partial charge is 0.497 e. The van der Waals surface area contributed by atoms with Crippen molar-refractivity contribution >= 4 is 23.6 Å². The summed E-state index contributed by atoms with van der Waals surface area (Å²) in [7, 11) is 3.09. The number of hydrogen-bond donors (Lipinski definition) is 1. The van der Waals surface area contributed by atoms with Crippen LogP contribution in [0.5, 0.6) is 11.5 Å². The van der Waals surface area contributed by atoms with E-state index in [0.29, 0.717) is 17.1 Å². The maximum atomic E-state index is 12.1. The standard InChI is InChI=1S/C22H25NO5/c1-15(2)18-7-5-6-8-19(18)23-21(24)14-28-22(25)12-9-16-13-17(26-3)10-11-20(16)27-4/h5-13,15H,14H2,1-4H3,(H,23,24)/b12-9+. The first-order valence-corrected chi connectivity index (χ1v) is 8.90. The van der Waals surface area contributed by atoms with Crippen molar-refractivity contribution in [3.8, 4) is 11.5 Å². The average molecular weight is 383 g/mol. The molecule has 0 spiro atoms. The number of methoxy groups -OCH3 is 2. The molecule has 0 saturated carbocycles. The Balaban J connectivity index is 1.94. The number of benzene rings is 2. The SMILES string of the molecule is COc1ccc(OC)c(/C=C/C(=O)OCC(=O)Nc2ccccc2C(C)C)c1. The van der Waals surface area contributed by atoms with Crippen LogP contribution in [0.4, 0.5) is 5.69 Å². The van der Waals surface area contributed by atoms with Gasteiger partial charge < -0.3 is 19.5 Å². The van der Waals surface area contributed by atoms with Gasteiger partial charge in [-0.05, 0) is 41.8 Å². The number of para-hydroxylation sites is 1. The number of carbonyl (C=O) groups is 2. The topological polar surface area (TPSA) is 73.9 Å². The predicted molar refractivity (Wildman–Crippen MR) is 109 cm³/mol. The third-order valence-corrected chi connectivity index (χ3v) is 4.04. The van der Waals surface area contributed by atoms with E-state index in [1.807, 2.05) is 38.1 Å². The van der Waals surface area contributed by atoms with E-state index in [1.165, 1.54) is 13.2 Å². The summed E-state index contributed by atoms with van der Waals surface area (Å²) in [5, 5.41) is 2.78. The fourth-order valence-electron chi connectivity index (χ4n) is 2.61. The molecule has 148 valence electrons. The smallest absolute Gasteiger partial charge is 0.331 e. The second kappa shape index (κ2) is 10.2. The zero-order chi connectivity index (χ0) is 20.5. The van der Waals surface area contributed by atoms with Crippen LogP contribution in [0.15, 0.2) is 48.5 Å². The molecule has 0 aromatic heterocycles.